The summed E-state index contributed by atoms with van der Waals surface area (Å²) in [6.07, 6.45) is 2.72. The van der Waals surface area contributed by atoms with Gasteiger partial charge in [0.1, 0.15) is 23.4 Å². The molecule has 10 nitrogen and oxygen atoms in total. The van der Waals surface area contributed by atoms with Crippen LogP contribution < -0.4 is 16.0 Å². The monoisotopic (exact) mass is 546 g/mol. The molecule has 10 heteroatoms. The lowest BCUT2D eigenvalue weighted by atomic mass is 9.84. The highest BCUT2D eigenvalue weighted by atomic mass is 16.5. The zero-order chi connectivity index (χ0) is 28.6. The molecule has 4 atom stereocenters. The number of methoxy groups -OCH3 is 2. The molecule has 1 saturated carbocycles. The number of hydrogen-bond donors (Lipinski definition) is 1. The van der Waals surface area contributed by atoms with Crippen LogP contribution in [0.2, 0.25) is 0 Å². The van der Waals surface area contributed by atoms with Gasteiger partial charge < -0.3 is 24.1 Å². The summed E-state index contributed by atoms with van der Waals surface area (Å²) in [6, 6.07) is 6.26. The van der Waals surface area contributed by atoms with E-state index in [1.165, 1.54) is 17.9 Å². The molecule has 0 amide bonds. The van der Waals surface area contributed by atoms with Gasteiger partial charge in [-0.15, -0.1) is 0 Å². The van der Waals surface area contributed by atoms with Crippen molar-refractivity contribution in [3.8, 4) is 5.75 Å². The van der Waals surface area contributed by atoms with Crippen LogP contribution in [0.1, 0.15) is 63.1 Å². The number of ether oxygens (including phenoxy) is 4. The first kappa shape index (κ1) is 30.6. The van der Waals surface area contributed by atoms with Crippen LogP contribution in [-0.4, -0.2) is 66.5 Å². The third-order valence-electron chi connectivity index (χ3n) is 7.44. The van der Waals surface area contributed by atoms with E-state index in [4.69, 9.17) is 18.9 Å². The van der Waals surface area contributed by atoms with E-state index in [1.54, 1.807) is 38.3 Å². The van der Waals surface area contributed by atoms with Crippen molar-refractivity contribution in [3.05, 3.63) is 62.4 Å². The molecule has 1 aliphatic rings. The van der Waals surface area contributed by atoms with E-state index >= 15 is 0 Å². The molecule has 3 rings (SSSR count). The lowest BCUT2D eigenvalue weighted by Crippen LogP contribution is -2.48. The molecule has 0 unspecified atom stereocenters. The average molecular weight is 547 g/mol. The summed E-state index contributed by atoms with van der Waals surface area (Å²) in [6.45, 7) is 6.51. The van der Waals surface area contributed by atoms with E-state index in [0.717, 1.165) is 35.8 Å². The normalized spacial score (nSPS) is 22.7. The van der Waals surface area contributed by atoms with Crippen LogP contribution in [0.25, 0.3) is 0 Å². The molecule has 1 aromatic heterocycles. The van der Waals surface area contributed by atoms with Crippen LogP contribution in [0.4, 0.5) is 0 Å². The second kappa shape index (κ2) is 13.9. The van der Waals surface area contributed by atoms with Gasteiger partial charge in [0.05, 0.1) is 33.4 Å². The van der Waals surface area contributed by atoms with Crippen LogP contribution in [-0.2, 0) is 25.5 Å². The minimum Gasteiger partial charge on any atom is -0.497 e. The van der Waals surface area contributed by atoms with Gasteiger partial charge in [-0.25, -0.2) is 4.79 Å². The Labute approximate surface area is 229 Å². The van der Waals surface area contributed by atoms with Gasteiger partial charge in [0, 0.05) is 25.0 Å². The van der Waals surface area contributed by atoms with Crippen molar-refractivity contribution in [1.29, 1.82) is 0 Å². The molecule has 1 aliphatic carbocycles. The fourth-order valence-corrected chi connectivity index (χ4v) is 5.17. The lowest BCUT2D eigenvalue weighted by molar-refractivity contribution is -0.172. The number of benzene rings is 1. The Morgan fingerprint density at radius 2 is 1.74 bits per heavy atom. The van der Waals surface area contributed by atoms with Crippen LogP contribution in [0.15, 0.2) is 40.1 Å². The van der Waals surface area contributed by atoms with Gasteiger partial charge in [0.15, 0.2) is 0 Å². The minimum atomic E-state index is -1.31. The molecule has 2 aromatic rings. The summed E-state index contributed by atoms with van der Waals surface area (Å²) in [5, 5.41) is 11.6. The number of carbonyl (C=O) groups is 1. The molecule has 39 heavy (non-hydrogen) atoms. The number of aryl methyl sites for hydroxylation is 1. The molecule has 0 aliphatic heterocycles. The Kier molecular flexibility index (Phi) is 10.9. The third kappa shape index (κ3) is 6.62. The number of unbranched alkanes of at least 4 members (excludes halogenated alkanes) is 2. The van der Waals surface area contributed by atoms with Gasteiger partial charge in [0.25, 0.3) is 5.56 Å². The molecule has 1 aromatic carbocycles. The predicted molar refractivity (Wildman–Crippen MR) is 146 cm³/mol. The summed E-state index contributed by atoms with van der Waals surface area (Å²) in [4.78, 5) is 40.0. The maximum absolute atomic E-state index is 13.7. The van der Waals surface area contributed by atoms with Crippen molar-refractivity contribution in [1.82, 2.24) is 9.13 Å². The number of nitrogens with zero attached hydrogens (tertiary/aromatic N) is 2. The second-order valence-corrected chi connectivity index (χ2v) is 10.2. The van der Waals surface area contributed by atoms with Gasteiger partial charge in [-0.3, -0.25) is 18.7 Å². The predicted octanol–water partition coefficient (Wildman–Crippen LogP) is 2.84. The first-order valence-electron chi connectivity index (χ1n) is 13.6. The first-order valence-corrected chi connectivity index (χ1v) is 13.6. The molecule has 0 spiro atoms. The molecule has 216 valence electrons. The number of carbonyl (C=O) groups excluding carboxylic acids is 1. The Morgan fingerprint density at radius 1 is 1.08 bits per heavy atom. The zero-order valence-electron chi connectivity index (χ0n) is 23.7. The number of esters is 1. The second-order valence-electron chi connectivity index (χ2n) is 10.2. The Morgan fingerprint density at radius 3 is 2.36 bits per heavy atom. The van der Waals surface area contributed by atoms with E-state index in [-0.39, 0.29) is 19.6 Å². The van der Waals surface area contributed by atoms with E-state index in [9.17, 15) is 19.5 Å². The Bertz CT molecular complexity index is 1210. The highest BCUT2D eigenvalue weighted by Gasteiger charge is 2.60. The molecular formula is C29H42N2O8. The van der Waals surface area contributed by atoms with Crippen molar-refractivity contribution in [2.75, 3.05) is 34.0 Å². The van der Waals surface area contributed by atoms with Gasteiger partial charge in [0.2, 0.25) is 0 Å². The fourth-order valence-electron chi connectivity index (χ4n) is 5.17. The number of rotatable bonds is 14. The first-order chi connectivity index (χ1) is 18.7. The summed E-state index contributed by atoms with van der Waals surface area (Å²) in [5.74, 6) is 0.106. The van der Waals surface area contributed by atoms with Crippen LogP contribution in [0, 0.1) is 12.3 Å². The van der Waals surface area contributed by atoms with Gasteiger partial charge >= 0.3 is 11.7 Å². The number of hydrogen-bond acceptors (Lipinski definition) is 8. The maximum atomic E-state index is 13.7. The topological polar surface area (TPSA) is 118 Å². The zero-order valence-corrected chi connectivity index (χ0v) is 23.7. The number of aliphatic hydroxyl groups excluding tert-OH is 1. The fraction of sp³-hybridized carbons (Fsp3) is 0.621. The lowest BCUT2D eigenvalue weighted by Gasteiger charge is -2.33. The smallest absolute Gasteiger partial charge is 0.331 e. The van der Waals surface area contributed by atoms with Crippen molar-refractivity contribution in [3.63, 3.8) is 0 Å². The van der Waals surface area contributed by atoms with Crippen molar-refractivity contribution in [2.24, 2.45) is 5.41 Å². The van der Waals surface area contributed by atoms with E-state index in [2.05, 4.69) is 0 Å². The number of aliphatic hydroxyl groups is 1. The van der Waals surface area contributed by atoms with Crippen LogP contribution >= 0.6 is 0 Å². The van der Waals surface area contributed by atoms with Crippen molar-refractivity contribution < 1.29 is 28.8 Å². The largest absolute Gasteiger partial charge is 0.497 e. The quantitative estimate of drug-likeness (QED) is 0.284. The standard InChI is InChI=1S/C29H42N2O8/c1-6-8-14-38-19-29(27(34)37-5)16-23(24(32)25(29)39-15-9-7-2)30-17-20(3)26(33)31(28(30)35)18-21-10-12-22(36-4)13-11-21/h10-13,17,23-25,32H,6-9,14-16,18-19H2,1-5H3/t23-,24+,25+,29+/m1/s1. The minimum absolute atomic E-state index is 0.0107. The Balaban J connectivity index is 2.04. The molecule has 0 radical (unpaired) electrons. The maximum Gasteiger partial charge on any atom is 0.331 e. The van der Waals surface area contributed by atoms with Crippen molar-refractivity contribution in [2.45, 2.75) is 77.7 Å². The molecule has 0 saturated heterocycles. The van der Waals surface area contributed by atoms with Crippen LogP contribution in [0.5, 0.6) is 5.75 Å². The van der Waals surface area contributed by atoms with Gasteiger partial charge in [-0.1, -0.05) is 38.8 Å². The van der Waals surface area contributed by atoms with Crippen LogP contribution in [0.3, 0.4) is 0 Å². The highest BCUT2D eigenvalue weighted by molar-refractivity contribution is 5.78. The van der Waals surface area contributed by atoms with Gasteiger partial charge in [-0.2, -0.15) is 0 Å². The van der Waals surface area contributed by atoms with Crippen molar-refractivity contribution >= 4 is 5.97 Å². The molecular weight excluding hydrogens is 504 g/mol. The molecule has 1 fully saturated rings. The summed E-state index contributed by atoms with van der Waals surface area (Å²) < 4.78 is 24.9. The Hall–Kier alpha value is -2.95. The third-order valence-corrected chi connectivity index (χ3v) is 7.44. The van der Waals surface area contributed by atoms with E-state index < -0.39 is 40.9 Å². The summed E-state index contributed by atoms with van der Waals surface area (Å²) in [5.41, 5.74) is -1.23. The summed E-state index contributed by atoms with van der Waals surface area (Å²) >= 11 is 0. The molecule has 1 N–H and O–H groups in total. The summed E-state index contributed by atoms with van der Waals surface area (Å²) in [7, 11) is 2.86. The molecule has 0 bridgehead atoms. The average Bonchev–Trinajstić information content (AvgIpc) is 3.23. The van der Waals surface area contributed by atoms with Gasteiger partial charge in [-0.05, 0) is 43.9 Å². The SMILES string of the molecule is CCCCOC[C@@]1(C(=O)OC)C[C@@H](n2cc(C)c(=O)n(Cc3ccc(OC)cc3)c2=O)[C@H](O)[C@@H]1OCCCC. The highest BCUT2D eigenvalue weighted by Crippen LogP contribution is 2.47. The van der Waals surface area contributed by atoms with E-state index in [1.807, 2.05) is 13.8 Å². The number of aromatic nitrogens is 2. The van der Waals surface area contributed by atoms with E-state index in [0.29, 0.717) is 24.5 Å². The molecule has 1 heterocycles.